The largest absolute Gasteiger partial charge is 0.331 e. The molecular weight excluding hydrogens is 314 g/mol. The highest BCUT2D eigenvalue weighted by Crippen LogP contribution is 2.51. The van der Waals surface area contributed by atoms with E-state index >= 15 is 0 Å². The van der Waals surface area contributed by atoms with E-state index in [9.17, 15) is 4.79 Å². The molecular formula is C12H14BrN3OS. The van der Waals surface area contributed by atoms with Crippen molar-refractivity contribution in [2.45, 2.75) is 30.8 Å². The van der Waals surface area contributed by atoms with Gasteiger partial charge in [-0.25, -0.2) is 0 Å². The Balaban J connectivity index is 1.60. The summed E-state index contributed by atoms with van der Waals surface area (Å²) in [5.41, 5.74) is 0.947. The second-order valence-corrected chi connectivity index (χ2v) is 7.59. The van der Waals surface area contributed by atoms with Crippen molar-refractivity contribution in [3.63, 3.8) is 0 Å². The van der Waals surface area contributed by atoms with E-state index in [4.69, 9.17) is 0 Å². The normalized spacial score (nSPS) is 34.3. The highest BCUT2D eigenvalue weighted by molar-refractivity contribution is 9.11. The van der Waals surface area contributed by atoms with Crippen LogP contribution in [0.3, 0.4) is 0 Å². The summed E-state index contributed by atoms with van der Waals surface area (Å²) in [6.45, 7) is 3.12. The summed E-state index contributed by atoms with van der Waals surface area (Å²) in [5.74, 6) is 0.118. The first-order valence-corrected chi connectivity index (χ1v) is 7.96. The number of amides is 1. The van der Waals surface area contributed by atoms with Gasteiger partial charge in [-0.1, -0.05) is 0 Å². The van der Waals surface area contributed by atoms with Crippen molar-refractivity contribution < 1.29 is 4.79 Å². The molecule has 1 aliphatic carbocycles. The van der Waals surface area contributed by atoms with Crippen LogP contribution in [0.4, 0.5) is 0 Å². The quantitative estimate of drug-likeness (QED) is 0.791. The van der Waals surface area contributed by atoms with E-state index in [2.05, 4.69) is 30.1 Å². The van der Waals surface area contributed by atoms with Gasteiger partial charge < -0.3 is 4.90 Å². The minimum atomic E-state index is 0.118. The summed E-state index contributed by atoms with van der Waals surface area (Å²) in [7, 11) is 0. The zero-order valence-electron chi connectivity index (χ0n) is 9.93. The third kappa shape index (κ3) is 1.34. The molecule has 1 aromatic heterocycles. The fraction of sp³-hybridized carbons (Fsp3) is 0.667. The second kappa shape index (κ2) is 3.77. The smallest absolute Gasteiger partial charge is 0.273 e. The molecule has 2 aliphatic heterocycles. The SMILES string of the molecule is O=C(c1cc(Br)sn1)N1CCN2CCC23CCC13. The van der Waals surface area contributed by atoms with Crippen LogP contribution in [-0.4, -0.2) is 51.3 Å². The Kier molecular flexibility index (Phi) is 2.38. The molecule has 0 radical (unpaired) electrons. The third-order valence-corrected chi connectivity index (χ3v) is 6.11. The van der Waals surface area contributed by atoms with E-state index in [1.807, 2.05) is 6.07 Å². The van der Waals surface area contributed by atoms with Crippen LogP contribution >= 0.6 is 27.5 Å². The van der Waals surface area contributed by atoms with Gasteiger partial charge in [-0.05, 0) is 52.8 Å². The maximum atomic E-state index is 12.5. The summed E-state index contributed by atoms with van der Waals surface area (Å²) in [6.07, 6.45) is 3.69. The van der Waals surface area contributed by atoms with Crippen LogP contribution < -0.4 is 0 Å². The van der Waals surface area contributed by atoms with Gasteiger partial charge in [0.1, 0.15) is 5.69 Å². The average Bonchev–Trinajstić information content (AvgIpc) is 2.69. The lowest BCUT2D eigenvalue weighted by Gasteiger charge is -2.68. The first-order valence-electron chi connectivity index (χ1n) is 6.39. The fourth-order valence-corrected chi connectivity index (χ4v) is 4.65. The summed E-state index contributed by atoms with van der Waals surface area (Å²) < 4.78 is 5.15. The van der Waals surface area contributed by atoms with Crippen molar-refractivity contribution in [1.29, 1.82) is 0 Å². The second-order valence-electron chi connectivity index (χ2n) is 5.41. The number of carbonyl (C=O) groups excluding carboxylic acids is 1. The Morgan fingerprint density at radius 3 is 2.89 bits per heavy atom. The van der Waals surface area contributed by atoms with Crippen molar-refractivity contribution in [2.75, 3.05) is 19.6 Å². The van der Waals surface area contributed by atoms with E-state index in [0.717, 1.165) is 23.3 Å². The number of halogens is 1. The van der Waals surface area contributed by atoms with E-state index in [1.54, 1.807) is 0 Å². The topological polar surface area (TPSA) is 36.4 Å². The van der Waals surface area contributed by atoms with Crippen LogP contribution in [0.15, 0.2) is 9.85 Å². The lowest BCUT2D eigenvalue weighted by atomic mass is 9.61. The molecule has 4 nitrogen and oxygen atoms in total. The fourth-order valence-electron chi connectivity index (χ4n) is 3.73. The Morgan fingerprint density at radius 1 is 1.44 bits per heavy atom. The molecule has 0 aromatic carbocycles. The molecule has 1 aromatic rings. The Bertz CT molecular complexity index is 515. The van der Waals surface area contributed by atoms with Gasteiger partial charge in [-0.2, -0.15) is 4.37 Å². The number of carbonyl (C=O) groups is 1. The molecule has 4 rings (SSSR count). The molecule has 3 aliphatic rings. The van der Waals surface area contributed by atoms with Gasteiger partial charge in [0.15, 0.2) is 0 Å². The van der Waals surface area contributed by atoms with Crippen LogP contribution in [0.1, 0.15) is 29.8 Å². The van der Waals surface area contributed by atoms with Crippen LogP contribution in [0.5, 0.6) is 0 Å². The van der Waals surface area contributed by atoms with Gasteiger partial charge in [-0.3, -0.25) is 9.69 Å². The molecule has 1 spiro atoms. The van der Waals surface area contributed by atoms with E-state index in [1.165, 1.54) is 30.9 Å². The molecule has 3 heterocycles. The summed E-state index contributed by atoms with van der Waals surface area (Å²) in [6, 6.07) is 2.28. The van der Waals surface area contributed by atoms with E-state index < -0.39 is 0 Å². The highest BCUT2D eigenvalue weighted by Gasteiger charge is 2.61. The molecule has 1 saturated carbocycles. The van der Waals surface area contributed by atoms with Crippen molar-refractivity contribution in [1.82, 2.24) is 14.2 Å². The molecule has 3 fully saturated rings. The third-order valence-electron chi connectivity index (χ3n) is 4.86. The number of rotatable bonds is 1. The molecule has 18 heavy (non-hydrogen) atoms. The van der Waals surface area contributed by atoms with Crippen molar-refractivity contribution in [2.24, 2.45) is 0 Å². The predicted octanol–water partition coefficient (Wildman–Crippen LogP) is 1.97. The number of piperazine rings is 1. The standard InChI is InChI=1S/C12H14BrN3OS/c13-10-7-8(14-18-10)11(17)16-6-5-15-4-3-12(15)2-1-9(12)16/h7,9H,1-6H2. The Morgan fingerprint density at radius 2 is 2.33 bits per heavy atom. The van der Waals surface area contributed by atoms with Crippen LogP contribution in [0.2, 0.25) is 0 Å². The molecule has 0 bridgehead atoms. The molecule has 6 heteroatoms. The molecule has 2 unspecified atom stereocenters. The van der Waals surface area contributed by atoms with Gasteiger partial charge in [-0.15, -0.1) is 0 Å². The lowest BCUT2D eigenvalue weighted by molar-refractivity contribution is -0.161. The Hall–Kier alpha value is -0.460. The van der Waals surface area contributed by atoms with Gasteiger partial charge >= 0.3 is 0 Å². The molecule has 2 saturated heterocycles. The molecule has 2 atom stereocenters. The van der Waals surface area contributed by atoms with Crippen molar-refractivity contribution >= 4 is 33.4 Å². The number of hydrogen-bond acceptors (Lipinski definition) is 4. The van der Waals surface area contributed by atoms with Gasteiger partial charge in [0.25, 0.3) is 5.91 Å². The Labute approximate surface area is 118 Å². The number of nitrogens with zero attached hydrogens (tertiary/aromatic N) is 3. The highest BCUT2D eigenvalue weighted by atomic mass is 79.9. The minimum absolute atomic E-state index is 0.118. The lowest BCUT2D eigenvalue weighted by Crippen LogP contribution is -2.79. The van der Waals surface area contributed by atoms with Gasteiger partial charge in [0.05, 0.1) is 9.83 Å². The predicted molar refractivity (Wildman–Crippen MR) is 72.8 cm³/mol. The van der Waals surface area contributed by atoms with Crippen molar-refractivity contribution in [3.8, 4) is 0 Å². The van der Waals surface area contributed by atoms with Gasteiger partial charge in [0.2, 0.25) is 0 Å². The average molecular weight is 328 g/mol. The maximum absolute atomic E-state index is 12.5. The van der Waals surface area contributed by atoms with Crippen molar-refractivity contribution in [3.05, 3.63) is 15.5 Å². The monoisotopic (exact) mass is 327 g/mol. The van der Waals surface area contributed by atoms with Gasteiger partial charge in [0, 0.05) is 25.2 Å². The van der Waals surface area contributed by atoms with E-state index in [0.29, 0.717) is 17.3 Å². The summed E-state index contributed by atoms with van der Waals surface area (Å²) in [5, 5.41) is 0. The number of aromatic nitrogens is 1. The van der Waals surface area contributed by atoms with Crippen LogP contribution in [0.25, 0.3) is 0 Å². The number of hydrogen-bond donors (Lipinski definition) is 0. The zero-order valence-corrected chi connectivity index (χ0v) is 12.3. The minimum Gasteiger partial charge on any atom is -0.331 e. The van der Waals surface area contributed by atoms with Crippen LogP contribution in [-0.2, 0) is 0 Å². The first kappa shape index (κ1) is 11.4. The molecule has 0 N–H and O–H groups in total. The summed E-state index contributed by atoms with van der Waals surface area (Å²) >= 11 is 4.71. The maximum Gasteiger partial charge on any atom is 0.273 e. The van der Waals surface area contributed by atoms with Crippen LogP contribution in [0, 0.1) is 0 Å². The molecule has 1 amide bonds. The zero-order chi connectivity index (χ0) is 12.3. The molecule has 96 valence electrons. The summed E-state index contributed by atoms with van der Waals surface area (Å²) in [4.78, 5) is 17.1. The first-order chi connectivity index (χ1) is 8.71. The van der Waals surface area contributed by atoms with E-state index in [-0.39, 0.29) is 5.91 Å².